The molecule has 2 N–H and O–H groups in total. The summed E-state index contributed by atoms with van der Waals surface area (Å²) < 4.78 is 0. The molecule has 1 aromatic rings. The molecule has 0 radical (unpaired) electrons. The van der Waals surface area contributed by atoms with Crippen LogP contribution in [0, 0.1) is 5.41 Å². The molecule has 1 rings (SSSR count). The molecule has 0 aliphatic rings. The number of hydrogen-bond acceptors (Lipinski definition) is 2. The third kappa shape index (κ3) is 6.97. The zero-order chi connectivity index (χ0) is 14.3. The maximum atomic E-state index is 10.7. The van der Waals surface area contributed by atoms with Gasteiger partial charge in [0.05, 0.1) is 5.56 Å². The lowest BCUT2D eigenvalue weighted by atomic mass is 9.90. The number of unbranched alkanes of at least 4 members (excludes halogenated alkanes) is 1. The van der Waals surface area contributed by atoms with E-state index in [9.17, 15) is 4.79 Å². The Balaban J connectivity index is 2.17. The number of carbonyl (C=O) groups is 1. The lowest BCUT2D eigenvalue weighted by Gasteiger charge is -2.17. The minimum atomic E-state index is -0.873. The normalized spacial score (nSPS) is 11.5. The van der Waals surface area contributed by atoms with E-state index in [0.717, 1.165) is 18.7 Å². The largest absolute Gasteiger partial charge is 0.478 e. The molecule has 0 amide bonds. The third-order valence-electron chi connectivity index (χ3n) is 3.06. The van der Waals surface area contributed by atoms with Crippen molar-refractivity contribution in [3.63, 3.8) is 0 Å². The summed E-state index contributed by atoms with van der Waals surface area (Å²) in [6, 6.07) is 7.04. The van der Waals surface area contributed by atoms with Gasteiger partial charge in [0.1, 0.15) is 0 Å². The van der Waals surface area contributed by atoms with Gasteiger partial charge in [-0.3, -0.25) is 0 Å². The van der Waals surface area contributed by atoms with E-state index < -0.39 is 5.97 Å². The van der Waals surface area contributed by atoms with Crippen molar-refractivity contribution < 1.29 is 9.90 Å². The zero-order valence-corrected chi connectivity index (χ0v) is 12.2. The van der Waals surface area contributed by atoms with E-state index in [-0.39, 0.29) is 0 Å². The zero-order valence-electron chi connectivity index (χ0n) is 12.2. The van der Waals surface area contributed by atoms with Gasteiger partial charge in [-0.15, -0.1) is 0 Å². The first kappa shape index (κ1) is 15.7. The summed E-state index contributed by atoms with van der Waals surface area (Å²) in [7, 11) is 0. The minimum absolute atomic E-state index is 0.342. The van der Waals surface area contributed by atoms with E-state index in [1.54, 1.807) is 12.1 Å². The Morgan fingerprint density at radius 3 is 2.32 bits per heavy atom. The standard InChI is InChI=1S/C16H25NO2/c1-16(2,3)10-4-5-11-17-12-13-6-8-14(9-7-13)15(18)19/h6-9,17H,4-5,10-12H2,1-3H3,(H,18,19). The van der Waals surface area contributed by atoms with Crippen molar-refractivity contribution in [1.82, 2.24) is 5.32 Å². The average molecular weight is 263 g/mol. The molecule has 0 saturated carbocycles. The molecule has 0 aliphatic carbocycles. The fraction of sp³-hybridized carbons (Fsp3) is 0.562. The monoisotopic (exact) mass is 263 g/mol. The molecule has 3 nitrogen and oxygen atoms in total. The number of rotatable bonds is 7. The molecule has 0 heterocycles. The number of aromatic carboxylic acids is 1. The van der Waals surface area contributed by atoms with Crippen molar-refractivity contribution in [1.29, 1.82) is 0 Å². The van der Waals surface area contributed by atoms with Crippen LogP contribution in [0.25, 0.3) is 0 Å². The Labute approximate surface area is 116 Å². The summed E-state index contributed by atoms with van der Waals surface area (Å²) in [6.45, 7) is 8.62. The highest BCUT2D eigenvalue weighted by Crippen LogP contribution is 2.21. The molecule has 3 heteroatoms. The van der Waals surface area contributed by atoms with Gasteiger partial charge in [-0.1, -0.05) is 39.3 Å². The molecular formula is C16H25NO2. The van der Waals surface area contributed by atoms with Crippen molar-refractivity contribution in [2.24, 2.45) is 5.41 Å². The molecule has 1 aromatic carbocycles. The van der Waals surface area contributed by atoms with Crippen LogP contribution in [0.2, 0.25) is 0 Å². The van der Waals surface area contributed by atoms with E-state index >= 15 is 0 Å². The van der Waals surface area contributed by atoms with Gasteiger partial charge in [0.2, 0.25) is 0 Å². The van der Waals surface area contributed by atoms with Crippen molar-refractivity contribution in [2.45, 2.75) is 46.6 Å². The molecule has 0 bridgehead atoms. The molecule has 0 unspecified atom stereocenters. The lowest BCUT2D eigenvalue weighted by molar-refractivity contribution is 0.0697. The van der Waals surface area contributed by atoms with Crippen LogP contribution in [0.15, 0.2) is 24.3 Å². The van der Waals surface area contributed by atoms with Crippen molar-refractivity contribution in [2.75, 3.05) is 6.54 Å². The summed E-state index contributed by atoms with van der Waals surface area (Å²) >= 11 is 0. The van der Waals surface area contributed by atoms with E-state index in [1.165, 1.54) is 19.3 Å². The maximum absolute atomic E-state index is 10.7. The van der Waals surface area contributed by atoms with Crippen molar-refractivity contribution >= 4 is 5.97 Å². The predicted molar refractivity (Wildman–Crippen MR) is 78.4 cm³/mol. The highest BCUT2D eigenvalue weighted by molar-refractivity contribution is 5.87. The van der Waals surface area contributed by atoms with Gasteiger partial charge in [0.25, 0.3) is 0 Å². The highest BCUT2D eigenvalue weighted by Gasteiger charge is 2.08. The quantitative estimate of drug-likeness (QED) is 0.738. The Bertz CT molecular complexity index is 390. The second kappa shape index (κ2) is 7.29. The highest BCUT2D eigenvalue weighted by atomic mass is 16.4. The summed E-state index contributed by atoms with van der Waals surface area (Å²) in [5, 5.41) is 12.2. The summed E-state index contributed by atoms with van der Waals surface area (Å²) in [5.41, 5.74) is 1.89. The number of nitrogens with one attached hydrogen (secondary N) is 1. The van der Waals surface area contributed by atoms with Gasteiger partial charge in [0.15, 0.2) is 0 Å². The van der Waals surface area contributed by atoms with Gasteiger partial charge < -0.3 is 10.4 Å². The second-order valence-corrected chi connectivity index (χ2v) is 6.20. The van der Waals surface area contributed by atoms with E-state index in [0.29, 0.717) is 11.0 Å². The SMILES string of the molecule is CC(C)(C)CCCCNCc1ccc(C(=O)O)cc1. The van der Waals surface area contributed by atoms with Crippen LogP contribution < -0.4 is 5.32 Å². The predicted octanol–water partition coefficient (Wildman–Crippen LogP) is 3.69. The van der Waals surface area contributed by atoms with Crippen molar-refractivity contribution in [3.05, 3.63) is 35.4 Å². The number of hydrogen-bond donors (Lipinski definition) is 2. The lowest BCUT2D eigenvalue weighted by Crippen LogP contribution is -2.15. The van der Waals surface area contributed by atoms with Gasteiger partial charge >= 0.3 is 5.97 Å². The van der Waals surface area contributed by atoms with Crippen LogP contribution in [0.4, 0.5) is 0 Å². The molecule has 0 fully saturated rings. The minimum Gasteiger partial charge on any atom is -0.478 e. The number of benzene rings is 1. The first-order chi connectivity index (χ1) is 8.88. The molecule has 0 aromatic heterocycles. The van der Waals surface area contributed by atoms with Crippen LogP contribution >= 0.6 is 0 Å². The first-order valence-electron chi connectivity index (χ1n) is 6.91. The molecule has 19 heavy (non-hydrogen) atoms. The van der Waals surface area contributed by atoms with Crippen molar-refractivity contribution in [3.8, 4) is 0 Å². The van der Waals surface area contributed by atoms with Crippen LogP contribution in [0.1, 0.15) is 56.0 Å². The molecule has 0 atom stereocenters. The smallest absolute Gasteiger partial charge is 0.335 e. The molecule has 0 saturated heterocycles. The molecule has 106 valence electrons. The third-order valence-corrected chi connectivity index (χ3v) is 3.06. The Kier molecular flexibility index (Phi) is 6.03. The maximum Gasteiger partial charge on any atom is 0.335 e. The fourth-order valence-corrected chi connectivity index (χ4v) is 1.90. The Morgan fingerprint density at radius 1 is 1.16 bits per heavy atom. The summed E-state index contributed by atoms with van der Waals surface area (Å²) in [4.78, 5) is 10.7. The van der Waals surface area contributed by atoms with Gasteiger partial charge in [-0.05, 0) is 42.5 Å². The van der Waals surface area contributed by atoms with Gasteiger partial charge in [-0.25, -0.2) is 4.79 Å². The van der Waals surface area contributed by atoms with E-state index in [1.807, 2.05) is 12.1 Å². The van der Waals surface area contributed by atoms with Crippen LogP contribution in [-0.2, 0) is 6.54 Å². The fourth-order valence-electron chi connectivity index (χ4n) is 1.90. The topological polar surface area (TPSA) is 49.3 Å². The molecular weight excluding hydrogens is 238 g/mol. The van der Waals surface area contributed by atoms with Gasteiger partial charge in [-0.2, -0.15) is 0 Å². The van der Waals surface area contributed by atoms with Gasteiger partial charge in [0, 0.05) is 6.54 Å². The molecule has 0 spiro atoms. The van der Waals surface area contributed by atoms with Crippen LogP contribution in [-0.4, -0.2) is 17.6 Å². The number of carboxylic acid groups (broad SMARTS) is 1. The van der Waals surface area contributed by atoms with E-state index in [4.69, 9.17) is 5.11 Å². The average Bonchev–Trinajstić information content (AvgIpc) is 2.33. The second-order valence-electron chi connectivity index (χ2n) is 6.20. The summed E-state index contributed by atoms with van der Waals surface area (Å²) in [6.07, 6.45) is 3.68. The Morgan fingerprint density at radius 2 is 1.79 bits per heavy atom. The number of carboxylic acids is 1. The van der Waals surface area contributed by atoms with E-state index in [2.05, 4.69) is 26.1 Å². The van der Waals surface area contributed by atoms with Crippen LogP contribution in [0.5, 0.6) is 0 Å². The summed E-state index contributed by atoms with van der Waals surface area (Å²) in [5.74, 6) is -0.873. The van der Waals surface area contributed by atoms with Crippen LogP contribution in [0.3, 0.4) is 0 Å². The molecule has 0 aliphatic heterocycles. The Hall–Kier alpha value is -1.35. The first-order valence-corrected chi connectivity index (χ1v) is 6.91.